The summed E-state index contributed by atoms with van der Waals surface area (Å²) in [6, 6.07) is -0.877. The molecular weight excluding hydrogens is 232 g/mol. The first-order chi connectivity index (χ1) is 7.25. The van der Waals surface area contributed by atoms with Crippen molar-refractivity contribution in [3.63, 3.8) is 0 Å². The van der Waals surface area contributed by atoms with Crippen LogP contribution in [-0.4, -0.2) is 55.3 Å². The third-order valence-electron chi connectivity index (χ3n) is 3.17. The molecule has 1 unspecified atom stereocenters. The third kappa shape index (κ3) is 1.16. The van der Waals surface area contributed by atoms with E-state index in [4.69, 9.17) is 15.9 Å². The number of rotatable bonds is 2. The van der Waals surface area contributed by atoms with E-state index >= 15 is 0 Å². The minimum absolute atomic E-state index is 0.443. The number of β-lactam (4-membered cyclic amide) rings is 1. The first-order valence-corrected chi connectivity index (χ1v) is 5.77. The second-order valence-electron chi connectivity index (χ2n) is 4.73. The number of aliphatic hydroxyl groups is 1. The number of carboxylic acid groups (broad SMARTS) is 1. The molecule has 0 saturated carbocycles. The fourth-order valence-corrected chi connectivity index (χ4v) is 3.93. The van der Waals surface area contributed by atoms with Crippen LogP contribution in [0, 0.1) is 0 Å². The van der Waals surface area contributed by atoms with Gasteiger partial charge in [-0.15, -0.1) is 11.8 Å². The number of hydrogen-bond acceptors (Lipinski definition) is 5. The van der Waals surface area contributed by atoms with Crippen LogP contribution < -0.4 is 5.73 Å². The number of carboxylic acids is 1. The van der Waals surface area contributed by atoms with E-state index in [1.54, 1.807) is 13.8 Å². The van der Waals surface area contributed by atoms with Gasteiger partial charge < -0.3 is 20.8 Å². The van der Waals surface area contributed by atoms with Crippen LogP contribution in [0.1, 0.15) is 13.8 Å². The molecule has 0 aromatic carbocycles. The zero-order valence-electron chi connectivity index (χ0n) is 9.01. The molecule has 2 rings (SSSR count). The number of fused-ring (bicyclic) bond motifs is 1. The summed E-state index contributed by atoms with van der Waals surface area (Å²) < 4.78 is -0.595. The molecule has 3 atom stereocenters. The van der Waals surface area contributed by atoms with Crippen molar-refractivity contribution in [1.29, 1.82) is 0 Å². The van der Waals surface area contributed by atoms with E-state index in [9.17, 15) is 9.59 Å². The smallest absolute Gasteiger partial charge is 0.327 e. The number of aliphatic carboxylic acids is 1. The maximum atomic E-state index is 11.8. The zero-order valence-corrected chi connectivity index (χ0v) is 9.82. The molecular formula is C9H14N2O4S. The molecule has 0 radical (unpaired) electrons. The summed E-state index contributed by atoms with van der Waals surface area (Å²) in [6.45, 7) is 3.07. The van der Waals surface area contributed by atoms with Crippen molar-refractivity contribution in [2.75, 3.05) is 6.61 Å². The van der Waals surface area contributed by atoms with E-state index in [-0.39, 0.29) is 0 Å². The number of amides is 1. The molecule has 0 aliphatic carbocycles. The molecule has 0 bridgehead atoms. The number of nitrogens with two attached hydrogens (primary N) is 1. The van der Waals surface area contributed by atoms with Crippen molar-refractivity contribution in [2.45, 2.75) is 35.5 Å². The van der Waals surface area contributed by atoms with Crippen molar-refractivity contribution < 1.29 is 19.8 Å². The van der Waals surface area contributed by atoms with Gasteiger partial charge in [0.25, 0.3) is 0 Å². The second-order valence-corrected chi connectivity index (χ2v) is 6.46. The Balaban J connectivity index is 2.35. The second kappa shape index (κ2) is 3.12. The maximum absolute atomic E-state index is 11.8. The number of thioether (sulfide) groups is 1. The standard InChI is InChI=1S/C9H14N2O4S/c1-8(2)4(5(13)14)11-6(15)9(10,3-12)7(11)16-8/h4,7,12H,3,10H2,1-2H3,(H,13,14)/t4-,7+,9?/m0/s1. The normalized spacial score (nSPS) is 40.5. The number of aliphatic hydroxyl groups excluding tert-OH is 1. The summed E-state index contributed by atoms with van der Waals surface area (Å²) in [7, 11) is 0. The Labute approximate surface area is 96.8 Å². The quantitative estimate of drug-likeness (QED) is 0.530. The highest BCUT2D eigenvalue weighted by Crippen LogP contribution is 2.53. The van der Waals surface area contributed by atoms with Gasteiger partial charge in [-0.2, -0.15) is 0 Å². The Morgan fingerprint density at radius 2 is 2.19 bits per heavy atom. The van der Waals surface area contributed by atoms with E-state index < -0.39 is 40.2 Å². The highest BCUT2D eigenvalue weighted by molar-refractivity contribution is 8.01. The summed E-state index contributed by atoms with van der Waals surface area (Å²) in [6.07, 6.45) is 0. The molecule has 2 aliphatic rings. The van der Waals surface area contributed by atoms with Gasteiger partial charge >= 0.3 is 5.97 Å². The van der Waals surface area contributed by atoms with E-state index in [0.29, 0.717) is 0 Å². The predicted molar refractivity (Wildman–Crippen MR) is 57.7 cm³/mol. The monoisotopic (exact) mass is 246 g/mol. The highest BCUT2D eigenvalue weighted by atomic mass is 32.2. The van der Waals surface area contributed by atoms with Crippen molar-refractivity contribution in [1.82, 2.24) is 4.90 Å². The van der Waals surface area contributed by atoms with E-state index in [1.165, 1.54) is 16.7 Å². The van der Waals surface area contributed by atoms with E-state index in [0.717, 1.165) is 0 Å². The summed E-state index contributed by atoms with van der Waals surface area (Å²) in [5.74, 6) is -1.51. The van der Waals surface area contributed by atoms with Crippen LogP contribution in [0.15, 0.2) is 0 Å². The van der Waals surface area contributed by atoms with Gasteiger partial charge in [-0.25, -0.2) is 4.79 Å². The summed E-state index contributed by atoms with van der Waals surface area (Å²) in [5.41, 5.74) is 4.45. The van der Waals surface area contributed by atoms with Crippen LogP contribution in [0.4, 0.5) is 0 Å². The lowest BCUT2D eigenvalue weighted by Gasteiger charge is -2.49. The molecule has 2 fully saturated rings. The minimum atomic E-state index is -1.31. The van der Waals surface area contributed by atoms with Crippen LogP contribution in [0.5, 0.6) is 0 Å². The fourth-order valence-electron chi connectivity index (χ4n) is 2.30. The van der Waals surface area contributed by atoms with Gasteiger partial charge in [0.15, 0.2) is 0 Å². The van der Waals surface area contributed by atoms with E-state index in [2.05, 4.69) is 0 Å². The molecule has 4 N–H and O–H groups in total. The Hall–Kier alpha value is -0.790. The molecule has 16 heavy (non-hydrogen) atoms. The molecule has 7 heteroatoms. The number of carbonyl (C=O) groups excluding carboxylic acids is 1. The molecule has 2 aliphatic heterocycles. The Bertz CT molecular complexity index is 373. The van der Waals surface area contributed by atoms with Crippen molar-refractivity contribution >= 4 is 23.6 Å². The first kappa shape index (κ1) is 11.7. The molecule has 2 heterocycles. The van der Waals surface area contributed by atoms with Gasteiger partial charge in [0, 0.05) is 4.75 Å². The Morgan fingerprint density at radius 3 is 2.62 bits per heavy atom. The van der Waals surface area contributed by atoms with Gasteiger partial charge in [0.1, 0.15) is 17.0 Å². The van der Waals surface area contributed by atoms with Crippen LogP contribution >= 0.6 is 11.8 Å². The summed E-state index contributed by atoms with van der Waals surface area (Å²) in [5, 5.41) is 17.8. The lowest BCUT2D eigenvalue weighted by Crippen LogP contribution is -2.79. The predicted octanol–water partition coefficient (Wildman–Crippen LogP) is -1.18. The van der Waals surface area contributed by atoms with Crippen molar-refractivity contribution in [3.8, 4) is 0 Å². The van der Waals surface area contributed by atoms with E-state index in [1.807, 2.05) is 0 Å². The lowest BCUT2D eigenvalue weighted by molar-refractivity contribution is -0.167. The summed E-state index contributed by atoms with van der Waals surface area (Å²) in [4.78, 5) is 24.2. The molecule has 0 aromatic rings. The number of nitrogens with zero attached hydrogens (tertiary/aromatic N) is 1. The van der Waals surface area contributed by atoms with Crippen LogP contribution in [0.25, 0.3) is 0 Å². The number of carbonyl (C=O) groups is 2. The van der Waals surface area contributed by atoms with Crippen LogP contribution in [0.3, 0.4) is 0 Å². The zero-order chi connectivity index (χ0) is 12.3. The Morgan fingerprint density at radius 1 is 1.62 bits per heavy atom. The highest BCUT2D eigenvalue weighted by Gasteiger charge is 2.69. The van der Waals surface area contributed by atoms with Crippen molar-refractivity contribution in [3.05, 3.63) is 0 Å². The molecule has 0 spiro atoms. The first-order valence-electron chi connectivity index (χ1n) is 4.89. The van der Waals surface area contributed by atoms with Crippen molar-refractivity contribution in [2.24, 2.45) is 5.73 Å². The molecule has 2 saturated heterocycles. The molecule has 0 aromatic heterocycles. The largest absolute Gasteiger partial charge is 0.480 e. The molecule has 6 nitrogen and oxygen atoms in total. The SMILES string of the molecule is CC1(C)S[C@H]2N(C(=O)C2(N)CO)[C@H]1C(=O)O. The van der Waals surface area contributed by atoms with Crippen LogP contribution in [0.2, 0.25) is 0 Å². The average molecular weight is 246 g/mol. The lowest BCUT2D eigenvalue weighted by atomic mass is 9.86. The molecule has 1 amide bonds. The van der Waals surface area contributed by atoms with Gasteiger partial charge in [0.2, 0.25) is 5.91 Å². The van der Waals surface area contributed by atoms with Gasteiger partial charge in [-0.3, -0.25) is 4.79 Å². The average Bonchev–Trinajstić information content (AvgIpc) is 2.46. The molecule has 90 valence electrons. The summed E-state index contributed by atoms with van der Waals surface area (Å²) >= 11 is 1.33. The topological polar surface area (TPSA) is 104 Å². The van der Waals surface area contributed by atoms with Gasteiger partial charge in [-0.1, -0.05) is 0 Å². The van der Waals surface area contributed by atoms with Gasteiger partial charge in [0.05, 0.1) is 6.61 Å². The van der Waals surface area contributed by atoms with Crippen LogP contribution in [-0.2, 0) is 9.59 Å². The minimum Gasteiger partial charge on any atom is -0.480 e. The van der Waals surface area contributed by atoms with Gasteiger partial charge in [-0.05, 0) is 13.8 Å². The number of hydrogen-bond donors (Lipinski definition) is 3. The fraction of sp³-hybridized carbons (Fsp3) is 0.778. The Kier molecular flexibility index (Phi) is 2.28. The third-order valence-corrected chi connectivity index (χ3v) is 4.88. The maximum Gasteiger partial charge on any atom is 0.327 e.